The second-order valence-corrected chi connectivity index (χ2v) is 1.00. The molecule has 0 rings (SSSR count). The molecule has 2 nitrogen and oxygen atoms in total. The summed E-state index contributed by atoms with van der Waals surface area (Å²) in [5, 5.41) is 0. The molecule has 0 fully saturated rings. The van der Waals surface area contributed by atoms with Crippen LogP contribution in [0.5, 0.6) is 0 Å². The molecule has 0 aliphatic carbocycles. The number of carbonyl (C=O) groups is 1. The molecule has 1 radical (unpaired) electrons. The Balaban J connectivity index is 0. The van der Waals surface area contributed by atoms with Gasteiger partial charge in [0.2, 0.25) is 0 Å². The van der Waals surface area contributed by atoms with E-state index < -0.39 is 5.97 Å². The zero-order valence-electron chi connectivity index (χ0n) is 3.08. The standard InChI is InChI=1S/C2H2Cl2O2.Ag/c3-1-2(5)6-4;/h1H2;. The molecule has 0 saturated carbocycles. The molecule has 0 bridgehead atoms. The molecule has 7 heavy (non-hydrogen) atoms. The number of carbonyl (C=O) groups excluding carboxylic acids is 1. The maximum Gasteiger partial charge on any atom is 0.339 e. The summed E-state index contributed by atoms with van der Waals surface area (Å²) in [6.07, 6.45) is 0. The monoisotopic (exact) mass is 235 g/mol. The van der Waals surface area contributed by atoms with Crippen molar-refractivity contribution in [2.24, 2.45) is 0 Å². The minimum Gasteiger partial charge on any atom is -0.346 e. The van der Waals surface area contributed by atoms with Gasteiger partial charge in [0.1, 0.15) is 17.7 Å². The summed E-state index contributed by atoms with van der Waals surface area (Å²) >= 11 is 9.41. The van der Waals surface area contributed by atoms with E-state index in [0.29, 0.717) is 0 Å². The fourth-order valence-corrected chi connectivity index (χ4v) is 0.186. The van der Waals surface area contributed by atoms with Gasteiger partial charge in [-0.25, -0.2) is 4.79 Å². The molecule has 0 aromatic heterocycles. The van der Waals surface area contributed by atoms with E-state index in [-0.39, 0.29) is 28.3 Å². The second kappa shape index (κ2) is 6.79. The maximum atomic E-state index is 9.69. The van der Waals surface area contributed by atoms with Crippen molar-refractivity contribution in [1.29, 1.82) is 0 Å². The van der Waals surface area contributed by atoms with Crippen LogP contribution in [0.25, 0.3) is 0 Å². The van der Waals surface area contributed by atoms with Crippen molar-refractivity contribution in [2.45, 2.75) is 0 Å². The number of hydrogen-bond acceptors (Lipinski definition) is 2. The Bertz CT molecular complexity index is 51.7. The molecule has 0 amide bonds. The number of alkyl halides is 1. The third-order valence-electron chi connectivity index (χ3n) is 0.195. The Hall–Kier alpha value is 0.790. The third kappa shape index (κ3) is 6.79. The Morgan fingerprint density at radius 1 is 1.71 bits per heavy atom. The van der Waals surface area contributed by atoms with Gasteiger partial charge in [-0.1, -0.05) is 0 Å². The Morgan fingerprint density at radius 2 is 2.14 bits per heavy atom. The van der Waals surface area contributed by atoms with Crippen molar-refractivity contribution >= 4 is 29.4 Å². The van der Waals surface area contributed by atoms with Crippen molar-refractivity contribution < 1.29 is 31.5 Å². The van der Waals surface area contributed by atoms with E-state index in [1.54, 1.807) is 0 Å². The van der Waals surface area contributed by atoms with Gasteiger partial charge in [0, 0.05) is 22.4 Å². The maximum absolute atomic E-state index is 9.69. The van der Waals surface area contributed by atoms with Crippen molar-refractivity contribution in [3.63, 3.8) is 0 Å². The van der Waals surface area contributed by atoms with Crippen LogP contribution in [-0.2, 0) is 31.5 Å². The third-order valence-corrected chi connectivity index (χ3v) is 0.585. The molecular weight excluding hydrogens is 235 g/mol. The zero-order valence-corrected chi connectivity index (χ0v) is 6.08. The molecule has 0 aromatic rings. The van der Waals surface area contributed by atoms with E-state index in [4.69, 9.17) is 11.6 Å². The van der Waals surface area contributed by atoms with E-state index in [1.807, 2.05) is 0 Å². The van der Waals surface area contributed by atoms with Gasteiger partial charge < -0.3 is 4.29 Å². The van der Waals surface area contributed by atoms with Crippen LogP contribution >= 0.6 is 23.5 Å². The molecule has 0 unspecified atom stereocenters. The first-order valence-corrected chi connectivity index (χ1v) is 2.03. The molecule has 0 aliphatic heterocycles. The Morgan fingerprint density at radius 3 is 2.14 bits per heavy atom. The minimum atomic E-state index is -0.627. The van der Waals surface area contributed by atoms with Crippen LogP contribution in [-0.4, -0.2) is 11.8 Å². The number of hydrogen-bond donors (Lipinski definition) is 0. The molecule has 47 valence electrons. The van der Waals surface area contributed by atoms with E-state index >= 15 is 0 Å². The average Bonchev–Trinajstić information content (AvgIpc) is 1.65. The smallest absolute Gasteiger partial charge is 0.339 e. The van der Waals surface area contributed by atoms with Crippen LogP contribution in [0.4, 0.5) is 0 Å². The molecular formula is C2H2AgCl2O2. The SMILES string of the molecule is O=C(CCl)OCl.[Ag]. The molecule has 5 heteroatoms. The minimum absolute atomic E-state index is 0. The Kier molecular flexibility index (Phi) is 10.4. The van der Waals surface area contributed by atoms with Crippen LogP contribution < -0.4 is 0 Å². The van der Waals surface area contributed by atoms with Crippen LogP contribution in [0.1, 0.15) is 0 Å². The molecule has 0 saturated heterocycles. The summed E-state index contributed by atoms with van der Waals surface area (Å²) in [6, 6.07) is 0. The summed E-state index contributed by atoms with van der Waals surface area (Å²) < 4.78 is 3.60. The van der Waals surface area contributed by atoms with Gasteiger partial charge in [-0.3, -0.25) is 0 Å². The summed E-state index contributed by atoms with van der Waals surface area (Å²) in [5.74, 6) is -0.818. The number of halogens is 2. The Labute approximate surface area is 66.8 Å². The molecule has 0 heterocycles. The van der Waals surface area contributed by atoms with Crippen molar-refractivity contribution in [2.75, 3.05) is 5.88 Å². The van der Waals surface area contributed by atoms with Crippen molar-refractivity contribution in [3.05, 3.63) is 0 Å². The summed E-state index contributed by atoms with van der Waals surface area (Å²) in [5.41, 5.74) is 0. The van der Waals surface area contributed by atoms with Gasteiger partial charge in [0.15, 0.2) is 0 Å². The molecule has 0 aliphatic rings. The van der Waals surface area contributed by atoms with Gasteiger partial charge in [0.05, 0.1) is 0 Å². The van der Waals surface area contributed by atoms with E-state index in [0.717, 1.165) is 0 Å². The summed E-state index contributed by atoms with van der Waals surface area (Å²) in [7, 11) is 0. The molecule has 0 aromatic carbocycles. The summed E-state index contributed by atoms with van der Waals surface area (Å²) in [6.45, 7) is 0. The van der Waals surface area contributed by atoms with E-state index in [2.05, 4.69) is 16.2 Å². The zero-order chi connectivity index (χ0) is 4.99. The van der Waals surface area contributed by atoms with Crippen molar-refractivity contribution in [1.82, 2.24) is 0 Å². The van der Waals surface area contributed by atoms with Gasteiger partial charge in [-0.2, -0.15) is 0 Å². The first kappa shape index (κ1) is 10.7. The van der Waals surface area contributed by atoms with Crippen LogP contribution in [0.15, 0.2) is 0 Å². The molecule has 0 atom stereocenters. The largest absolute Gasteiger partial charge is 0.346 e. The fraction of sp³-hybridized carbons (Fsp3) is 0.500. The summed E-state index contributed by atoms with van der Waals surface area (Å²) in [4.78, 5) is 9.69. The van der Waals surface area contributed by atoms with Gasteiger partial charge in [0.25, 0.3) is 0 Å². The van der Waals surface area contributed by atoms with Crippen LogP contribution in [0.3, 0.4) is 0 Å². The van der Waals surface area contributed by atoms with Crippen molar-refractivity contribution in [3.8, 4) is 0 Å². The molecule has 0 spiro atoms. The number of rotatable bonds is 1. The van der Waals surface area contributed by atoms with Crippen LogP contribution in [0, 0.1) is 0 Å². The quantitative estimate of drug-likeness (QED) is 0.500. The van der Waals surface area contributed by atoms with E-state index in [9.17, 15) is 4.79 Å². The van der Waals surface area contributed by atoms with Gasteiger partial charge in [-0.05, 0) is 0 Å². The van der Waals surface area contributed by atoms with E-state index in [1.165, 1.54) is 0 Å². The second-order valence-electron chi connectivity index (χ2n) is 0.583. The fourth-order valence-electron chi connectivity index (χ4n) is 0.0206. The normalized spacial score (nSPS) is 6.57. The molecule has 0 N–H and O–H groups in total. The van der Waals surface area contributed by atoms with Gasteiger partial charge in [-0.15, -0.1) is 11.6 Å². The first-order chi connectivity index (χ1) is 2.81. The predicted octanol–water partition coefficient (Wildman–Crippen LogP) is 0.920. The van der Waals surface area contributed by atoms with Crippen LogP contribution in [0.2, 0.25) is 0 Å². The predicted molar refractivity (Wildman–Crippen MR) is 22.7 cm³/mol. The topological polar surface area (TPSA) is 26.3 Å². The van der Waals surface area contributed by atoms with Gasteiger partial charge >= 0.3 is 5.97 Å². The first-order valence-electron chi connectivity index (χ1n) is 1.18. The average molecular weight is 237 g/mol.